The van der Waals surface area contributed by atoms with Gasteiger partial charge < -0.3 is 4.90 Å². The summed E-state index contributed by atoms with van der Waals surface area (Å²) in [6.45, 7) is 4.00. The molecule has 0 radical (unpaired) electrons. The van der Waals surface area contributed by atoms with Crippen LogP contribution >= 0.6 is 11.8 Å². The fraction of sp³-hybridized carbons (Fsp3) is 0.238. The Bertz CT molecular complexity index is 870. The van der Waals surface area contributed by atoms with Crippen LogP contribution in [-0.2, 0) is 13.1 Å². The quantitative estimate of drug-likeness (QED) is 0.641. The highest BCUT2D eigenvalue weighted by Gasteiger charge is 2.30. The molecule has 0 saturated heterocycles. The standard InChI is InChI=1S/C21H22N4S/c1-16-24(2)20-19(14-25(16)13-17-9-5-3-6-10-17)21(23-15-22-20)26-18-11-7-4-8-12-18/h3-12,15-16H,13-14H2,1-2H3. The predicted octanol–water partition coefficient (Wildman–Crippen LogP) is 4.43. The summed E-state index contributed by atoms with van der Waals surface area (Å²) in [5.74, 6) is 1.04. The molecule has 1 unspecified atom stereocenters. The van der Waals surface area contributed by atoms with Crippen molar-refractivity contribution in [1.29, 1.82) is 0 Å². The van der Waals surface area contributed by atoms with Gasteiger partial charge in [-0.1, -0.05) is 60.3 Å². The van der Waals surface area contributed by atoms with Gasteiger partial charge in [-0.05, 0) is 24.6 Å². The summed E-state index contributed by atoms with van der Waals surface area (Å²) in [6, 6.07) is 21.0. The minimum Gasteiger partial charge on any atom is -0.344 e. The maximum atomic E-state index is 4.59. The van der Waals surface area contributed by atoms with E-state index in [1.807, 2.05) is 6.07 Å². The van der Waals surface area contributed by atoms with E-state index >= 15 is 0 Å². The zero-order valence-corrected chi connectivity index (χ0v) is 15.9. The molecule has 0 N–H and O–H groups in total. The first-order chi connectivity index (χ1) is 12.7. The molecular formula is C21H22N4S. The Hall–Kier alpha value is -2.37. The lowest BCUT2D eigenvalue weighted by Crippen LogP contribution is -2.48. The van der Waals surface area contributed by atoms with Crippen molar-refractivity contribution < 1.29 is 0 Å². The van der Waals surface area contributed by atoms with E-state index in [-0.39, 0.29) is 6.17 Å². The molecule has 1 aromatic heterocycles. The van der Waals surface area contributed by atoms with Crippen molar-refractivity contribution in [3.8, 4) is 0 Å². The molecule has 1 atom stereocenters. The van der Waals surface area contributed by atoms with Gasteiger partial charge in [0.25, 0.3) is 0 Å². The molecular weight excluding hydrogens is 340 g/mol. The molecule has 4 rings (SSSR count). The largest absolute Gasteiger partial charge is 0.344 e. The lowest BCUT2D eigenvalue weighted by molar-refractivity contribution is 0.174. The molecule has 2 heterocycles. The summed E-state index contributed by atoms with van der Waals surface area (Å²) in [7, 11) is 2.12. The van der Waals surface area contributed by atoms with Crippen molar-refractivity contribution in [2.45, 2.75) is 36.1 Å². The van der Waals surface area contributed by atoms with E-state index in [9.17, 15) is 0 Å². The number of rotatable bonds is 4. The third-order valence-electron chi connectivity index (χ3n) is 4.85. The molecule has 0 aliphatic carbocycles. The number of nitrogens with zero attached hydrogens (tertiary/aromatic N) is 4. The first kappa shape index (κ1) is 17.1. The van der Waals surface area contributed by atoms with Gasteiger partial charge in [0.05, 0.1) is 6.17 Å². The Morgan fingerprint density at radius 2 is 1.69 bits per heavy atom. The molecule has 0 amide bonds. The number of fused-ring (bicyclic) bond motifs is 1. The van der Waals surface area contributed by atoms with Crippen LogP contribution in [-0.4, -0.2) is 28.1 Å². The van der Waals surface area contributed by atoms with Crippen molar-refractivity contribution in [2.75, 3.05) is 11.9 Å². The maximum Gasteiger partial charge on any atom is 0.138 e. The number of benzene rings is 2. The minimum atomic E-state index is 0.284. The van der Waals surface area contributed by atoms with Crippen LogP contribution in [0.3, 0.4) is 0 Å². The van der Waals surface area contributed by atoms with Crippen molar-refractivity contribution in [1.82, 2.24) is 14.9 Å². The van der Waals surface area contributed by atoms with Crippen molar-refractivity contribution >= 4 is 17.6 Å². The molecule has 4 nitrogen and oxygen atoms in total. The van der Waals surface area contributed by atoms with Gasteiger partial charge >= 0.3 is 0 Å². The topological polar surface area (TPSA) is 32.3 Å². The third-order valence-corrected chi connectivity index (χ3v) is 5.91. The molecule has 132 valence electrons. The number of hydrogen-bond donors (Lipinski definition) is 0. The summed E-state index contributed by atoms with van der Waals surface area (Å²) in [4.78, 5) is 15.1. The van der Waals surface area contributed by atoms with E-state index in [4.69, 9.17) is 0 Å². The average Bonchev–Trinajstić information content (AvgIpc) is 2.68. The Morgan fingerprint density at radius 3 is 2.42 bits per heavy atom. The minimum absolute atomic E-state index is 0.284. The zero-order valence-electron chi connectivity index (χ0n) is 15.0. The van der Waals surface area contributed by atoms with E-state index in [1.165, 1.54) is 16.0 Å². The van der Waals surface area contributed by atoms with Crippen LogP contribution in [0.15, 0.2) is 76.9 Å². The van der Waals surface area contributed by atoms with Crippen LogP contribution in [0, 0.1) is 0 Å². The smallest absolute Gasteiger partial charge is 0.138 e. The van der Waals surface area contributed by atoms with Crippen LogP contribution < -0.4 is 4.90 Å². The van der Waals surface area contributed by atoms with Gasteiger partial charge in [-0.15, -0.1) is 0 Å². The van der Waals surface area contributed by atoms with Crippen molar-refractivity contribution in [3.63, 3.8) is 0 Å². The number of hydrogen-bond acceptors (Lipinski definition) is 5. The van der Waals surface area contributed by atoms with E-state index in [0.29, 0.717) is 0 Å². The second-order valence-electron chi connectivity index (χ2n) is 6.53. The monoisotopic (exact) mass is 362 g/mol. The van der Waals surface area contributed by atoms with Crippen LogP contribution in [0.2, 0.25) is 0 Å². The van der Waals surface area contributed by atoms with E-state index in [0.717, 1.165) is 23.9 Å². The van der Waals surface area contributed by atoms with Gasteiger partial charge in [0.2, 0.25) is 0 Å². The fourth-order valence-corrected chi connectivity index (χ4v) is 4.18. The Labute approximate surface area is 158 Å². The molecule has 0 saturated carbocycles. The number of aromatic nitrogens is 2. The molecule has 3 aromatic rings. The first-order valence-electron chi connectivity index (χ1n) is 8.80. The van der Waals surface area contributed by atoms with E-state index < -0.39 is 0 Å². The lowest BCUT2D eigenvalue weighted by Gasteiger charge is -2.41. The summed E-state index contributed by atoms with van der Waals surface area (Å²) < 4.78 is 0. The molecule has 0 fully saturated rings. The second-order valence-corrected chi connectivity index (χ2v) is 7.59. The van der Waals surface area contributed by atoms with E-state index in [2.05, 4.69) is 88.3 Å². The highest BCUT2D eigenvalue weighted by atomic mass is 32.2. The van der Waals surface area contributed by atoms with Gasteiger partial charge in [-0.3, -0.25) is 4.90 Å². The molecule has 1 aliphatic rings. The van der Waals surface area contributed by atoms with Crippen LogP contribution in [0.25, 0.3) is 0 Å². The van der Waals surface area contributed by atoms with Gasteiger partial charge in [-0.25, -0.2) is 9.97 Å². The third kappa shape index (κ3) is 3.45. The second kappa shape index (κ2) is 7.48. The first-order valence-corrected chi connectivity index (χ1v) is 9.61. The molecule has 0 spiro atoms. The fourth-order valence-electron chi connectivity index (χ4n) is 3.28. The Balaban J connectivity index is 1.64. The van der Waals surface area contributed by atoms with Crippen molar-refractivity contribution in [2.24, 2.45) is 0 Å². The maximum absolute atomic E-state index is 4.59. The zero-order chi connectivity index (χ0) is 17.9. The molecule has 26 heavy (non-hydrogen) atoms. The molecule has 5 heteroatoms. The number of anilines is 1. The SMILES string of the molecule is CC1N(Cc2ccccc2)Cc2c(Sc3ccccc3)ncnc2N1C. The van der Waals surface area contributed by atoms with E-state index in [1.54, 1.807) is 18.1 Å². The summed E-state index contributed by atoms with van der Waals surface area (Å²) in [5.41, 5.74) is 2.53. The molecule has 1 aliphatic heterocycles. The van der Waals surface area contributed by atoms with Crippen LogP contribution in [0.1, 0.15) is 18.1 Å². The summed E-state index contributed by atoms with van der Waals surface area (Å²) in [6.07, 6.45) is 1.97. The average molecular weight is 363 g/mol. The highest BCUT2D eigenvalue weighted by molar-refractivity contribution is 7.99. The Morgan fingerprint density at radius 1 is 1.00 bits per heavy atom. The van der Waals surface area contributed by atoms with Gasteiger partial charge in [-0.2, -0.15) is 0 Å². The van der Waals surface area contributed by atoms with Crippen molar-refractivity contribution in [3.05, 3.63) is 78.1 Å². The van der Waals surface area contributed by atoms with Crippen LogP contribution in [0.4, 0.5) is 5.82 Å². The lowest BCUT2D eigenvalue weighted by atomic mass is 10.1. The predicted molar refractivity (Wildman–Crippen MR) is 106 cm³/mol. The molecule has 0 bridgehead atoms. The normalized spacial score (nSPS) is 17.2. The van der Waals surface area contributed by atoms with Crippen LogP contribution in [0.5, 0.6) is 0 Å². The molecule has 2 aromatic carbocycles. The highest BCUT2D eigenvalue weighted by Crippen LogP contribution is 2.36. The summed E-state index contributed by atoms with van der Waals surface area (Å²) >= 11 is 1.71. The van der Waals surface area contributed by atoms with Gasteiger partial charge in [0.1, 0.15) is 17.2 Å². The Kier molecular flexibility index (Phi) is 4.91. The van der Waals surface area contributed by atoms with Gasteiger partial charge in [0.15, 0.2) is 0 Å². The van der Waals surface area contributed by atoms with Gasteiger partial charge in [0, 0.05) is 30.6 Å². The summed E-state index contributed by atoms with van der Waals surface area (Å²) in [5, 5.41) is 1.04.